The highest BCUT2D eigenvalue weighted by Crippen LogP contribution is 2.36. The molecular formula is C31H41N5O3. The van der Waals surface area contributed by atoms with Gasteiger partial charge < -0.3 is 25.3 Å². The summed E-state index contributed by atoms with van der Waals surface area (Å²) in [5, 5.41) is 4.12. The van der Waals surface area contributed by atoms with Crippen LogP contribution in [0.3, 0.4) is 0 Å². The standard InChI is InChI=1S/C31H41N5O3/c1-22-27-8-3-4-9-28(27)36(16-6-18-39-2)30(22)24-7-5-15-34(21-24)29(37)20-25(32)19-23-10-12-26(13-11-23)35-17-14-33-31(35)38/h3-4,8-13,24-25H,5-7,14-21,32H2,1-2H3,(H,33,38)/t24-,25+/m0/s1. The molecule has 5 rings (SSSR count). The normalized spacial score (nSPS) is 18.5. The topological polar surface area (TPSA) is 92.8 Å². The smallest absolute Gasteiger partial charge is 0.321 e. The van der Waals surface area contributed by atoms with Crippen molar-refractivity contribution < 1.29 is 14.3 Å². The van der Waals surface area contributed by atoms with E-state index in [0.29, 0.717) is 31.8 Å². The molecule has 3 aromatic rings. The number of hydrogen-bond donors (Lipinski definition) is 2. The number of aromatic nitrogens is 1. The molecule has 8 nitrogen and oxygen atoms in total. The van der Waals surface area contributed by atoms with Crippen molar-refractivity contribution in [3.8, 4) is 0 Å². The van der Waals surface area contributed by atoms with Crippen molar-refractivity contribution in [1.29, 1.82) is 0 Å². The minimum Gasteiger partial charge on any atom is -0.385 e. The number of nitrogens with zero attached hydrogens (tertiary/aromatic N) is 3. The summed E-state index contributed by atoms with van der Waals surface area (Å²) in [6.07, 6.45) is 3.99. The number of nitrogens with two attached hydrogens (primary N) is 1. The average molecular weight is 532 g/mol. The number of piperidine rings is 1. The van der Waals surface area contributed by atoms with Crippen LogP contribution in [-0.2, 0) is 22.5 Å². The maximum atomic E-state index is 13.4. The summed E-state index contributed by atoms with van der Waals surface area (Å²) in [5.41, 5.74) is 12.4. The van der Waals surface area contributed by atoms with E-state index in [0.717, 1.165) is 56.8 Å². The van der Waals surface area contributed by atoms with E-state index >= 15 is 0 Å². The summed E-state index contributed by atoms with van der Waals surface area (Å²) in [6.45, 7) is 6.74. The summed E-state index contributed by atoms with van der Waals surface area (Å²) in [6, 6.07) is 16.2. The number of amides is 3. The molecule has 0 saturated carbocycles. The molecule has 39 heavy (non-hydrogen) atoms. The molecule has 3 N–H and O–H groups in total. The lowest BCUT2D eigenvalue weighted by Crippen LogP contribution is -2.42. The summed E-state index contributed by atoms with van der Waals surface area (Å²) in [5.74, 6) is 0.446. The number of methoxy groups -OCH3 is 1. The van der Waals surface area contributed by atoms with Crippen molar-refractivity contribution in [1.82, 2.24) is 14.8 Å². The van der Waals surface area contributed by atoms with Crippen molar-refractivity contribution in [3.63, 3.8) is 0 Å². The van der Waals surface area contributed by atoms with Crippen LogP contribution in [0.1, 0.15) is 48.4 Å². The number of fused-ring (bicyclic) bond motifs is 1. The fraction of sp³-hybridized carbons (Fsp3) is 0.484. The molecular weight excluding hydrogens is 490 g/mol. The lowest BCUT2D eigenvalue weighted by Gasteiger charge is -2.34. The molecule has 2 fully saturated rings. The summed E-state index contributed by atoms with van der Waals surface area (Å²) in [4.78, 5) is 29.0. The van der Waals surface area contributed by atoms with Crippen LogP contribution >= 0.6 is 0 Å². The van der Waals surface area contributed by atoms with Crippen molar-refractivity contribution in [2.24, 2.45) is 5.73 Å². The van der Waals surface area contributed by atoms with E-state index in [2.05, 4.69) is 41.1 Å². The first-order chi connectivity index (χ1) is 19.0. The number of carbonyl (C=O) groups is 2. The van der Waals surface area contributed by atoms with E-state index in [-0.39, 0.29) is 18.0 Å². The van der Waals surface area contributed by atoms with Crippen LogP contribution in [0.5, 0.6) is 0 Å². The Bertz CT molecular complexity index is 1300. The Morgan fingerprint density at radius 2 is 1.95 bits per heavy atom. The molecule has 2 saturated heterocycles. The van der Waals surface area contributed by atoms with Crippen LogP contribution in [0.4, 0.5) is 10.5 Å². The minimum absolute atomic E-state index is 0.0598. The van der Waals surface area contributed by atoms with Gasteiger partial charge in [0.25, 0.3) is 0 Å². The third-order valence-electron chi connectivity index (χ3n) is 8.20. The van der Waals surface area contributed by atoms with Crippen LogP contribution in [-0.4, -0.2) is 67.3 Å². The van der Waals surface area contributed by atoms with Gasteiger partial charge in [-0.1, -0.05) is 30.3 Å². The summed E-state index contributed by atoms with van der Waals surface area (Å²) >= 11 is 0. The van der Waals surface area contributed by atoms with E-state index in [9.17, 15) is 9.59 Å². The third-order valence-corrected chi connectivity index (χ3v) is 8.20. The Morgan fingerprint density at radius 1 is 1.15 bits per heavy atom. The van der Waals surface area contributed by atoms with Gasteiger partial charge in [0.1, 0.15) is 0 Å². The number of benzene rings is 2. The molecule has 2 aliphatic heterocycles. The first kappa shape index (κ1) is 27.2. The number of aryl methyl sites for hydroxylation is 2. The van der Waals surface area contributed by atoms with Gasteiger partial charge in [0, 0.05) is 87.1 Å². The SMILES string of the molecule is COCCCn1c([C@H]2CCCN(C(=O)C[C@H](N)Cc3ccc(N4CCNC4=O)cc3)C2)c(C)c2ccccc21. The second-order valence-corrected chi connectivity index (χ2v) is 10.9. The van der Waals surface area contributed by atoms with Gasteiger partial charge in [-0.3, -0.25) is 9.69 Å². The van der Waals surface area contributed by atoms with E-state index < -0.39 is 0 Å². The molecule has 2 atom stereocenters. The van der Waals surface area contributed by atoms with Gasteiger partial charge in [-0.25, -0.2) is 4.79 Å². The molecule has 0 radical (unpaired) electrons. The number of anilines is 1. The first-order valence-corrected chi connectivity index (χ1v) is 14.2. The third kappa shape index (κ3) is 5.97. The number of ether oxygens (including phenoxy) is 1. The fourth-order valence-electron chi connectivity index (χ4n) is 6.32. The summed E-state index contributed by atoms with van der Waals surface area (Å²) in [7, 11) is 1.75. The van der Waals surface area contributed by atoms with Crippen LogP contribution in [0.2, 0.25) is 0 Å². The number of rotatable bonds is 10. The summed E-state index contributed by atoms with van der Waals surface area (Å²) < 4.78 is 7.79. The van der Waals surface area contributed by atoms with Crippen molar-refractivity contribution in [2.75, 3.05) is 44.8 Å². The zero-order valence-electron chi connectivity index (χ0n) is 23.2. The molecule has 0 spiro atoms. The number of carbonyl (C=O) groups excluding carboxylic acids is 2. The molecule has 208 valence electrons. The largest absolute Gasteiger partial charge is 0.385 e. The molecule has 0 bridgehead atoms. The van der Waals surface area contributed by atoms with Gasteiger partial charge >= 0.3 is 6.03 Å². The molecule has 0 aliphatic carbocycles. The Hall–Kier alpha value is -3.36. The lowest BCUT2D eigenvalue weighted by molar-refractivity contribution is -0.132. The van der Waals surface area contributed by atoms with Gasteiger partial charge in [-0.2, -0.15) is 0 Å². The number of para-hydroxylation sites is 1. The Kier molecular flexibility index (Phi) is 8.53. The van der Waals surface area contributed by atoms with Gasteiger partial charge in [-0.05, 0) is 61.9 Å². The molecule has 0 unspecified atom stereocenters. The average Bonchev–Trinajstić information content (AvgIpc) is 3.50. The fourth-order valence-corrected chi connectivity index (χ4v) is 6.32. The Labute approximate surface area is 231 Å². The van der Waals surface area contributed by atoms with Crippen LogP contribution < -0.4 is 16.0 Å². The highest BCUT2D eigenvalue weighted by Gasteiger charge is 2.30. The van der Waals surface area contributed by atoms with Crippen LogP contribution in [0.25, 0.3) is 10.9 Å². The maximum absolute atomic E-state index is 13.4. The molecule has 1 aromatic heterocycles. The van der Waals surface area contributed by atoms with E-state index in [1.807, 2.05) is 29.2 Å². The monoisotopic (exact) mass is 531 g/mol. The van der Waals surface area contributed by atoms with Crippen LogP contribution in [0, 0.1) is 6.92 Å². The molecule has 2 aromatic carbocycles. The van der Waals surface area contributed by atoms with E-state index in [1.165, 1.54) is 22.2 Å². The predicted octanol–water partition coefficient (Wildman–Crippen LogP) is 4.18. The van der Waals surface area contributed by atoms with Gasteiger partial charge in [-0.15, -0.1) is 0 Å². The highest BCUT2D eigenvalue weighted by atomic mass is 16.5. The second-order valence-electron chi connectivity index (χ2n) is 10.9. The number of hydrogen-bond acceptors (Lipinski definition) is 4. The van der Waals surface area contributed by atoms with E-state index in [4.69, 9.17) is 10.5 Å². The zero-order valence-corrected chi connectivity index (χ0v) is 23.2. The highest BCUT2D eigenvalue weighted by molar-refractivity contribution is 5.94. The van der Waals surface area contributed by atoms with Gasteiger partial charge in [0.05, 0.1) is 0 Å². The van der Waals surface area contributed by atoms with Crippen LogP contribution in [0.15, 0.2) is 48.5 Å². The number of nitrogens with one attached hydrogen (secondary N) is 1. The lowest BCUT2D eigenvalue weighted by atomic mass is 9.91. The van der Waals surface area contributed by atoms with Gasteiger partial charge in [0.2, 0.25) is 5.91 Å². The predicted molar refractivity (Wildman–Crippen MR) is 155 cm³/mol. The molecule has 3 amide bonds. The number of likely N-dealkylation sites (tertiary alicyclic amines) is 1. The van der Waals surface area contributed by atoms with Crippen molar-refractivity contribution >= 4 is 28.5 Å². The Morgan fingerprint density at radius 3 is 2.69 bits per heavy atom. The maximum Gasteiger partial charge on any atom is 0.321 e. The Balaban J connectivity index is 1.23. The minimum atomic E-state index is -0.249. The zero-order chi connectivity index (χ0) is 27.4. The molecule has 3 heterocycles. The molecule has 2 aliphatic rings. The van der Waals surface area contributed by atoms with Crippen molar-refractivity contribution in [2.45, 2.75) is 57.5 Å². The van der Waals surface area contributed by atoms with E-state index in [1.54, 1.807) is 12.0 Å². The number of urea groups is 1. The van der Waals surface area contributed by atoms with Gasteiger partial charge in [0.15, 0.2) is 0 Å². The quantitative estimate of drug-likeness (QED) is 0.384. The second kappa shape index (κ2) is 12.2. The first-order valence-electron chi connectivity index (χ1n) is 14.2. The molecule has 8 heteroatoms. The van der Waals surface area contributed by atoms with Crippen molar-refractivity contribution in [3.05, 3.63) is 65.4 Å².